The Hall–Kier alpha value is -1.49. The van der Waals surface area contributed by atoms with Gasteiger partial charge in [0.15, 0.2) is 11.5 Å². The molecule has 0 atom stereocenters. The first-order chi connectivity index (χ1) is 7.45. The van der Waals surface area contributed by atoms with E-state index in [4.69, 9.17) is 0 Å². The molecule has 0 saturated heterocycles. The Kier molecular flexibility index (Phi) is 2.42. The minimum atomic E-state index is -0.221. The minimum absolute atomic E-state index is 0.221. The summed E-state index contributed by atoms with van der Waals surface area (Å²) in [6, 6.07) is 1.94. The van der Waals surface area contributed by atoms with E-state index in [0.717, 1.165) is 23.0 Å². The van der Waals surface area contributed by atoms with Crippen LogP contribution in [0.5, 0.6) is 0 Å². The van der Waals surface area contributed by atoms with Gasteiger partial charge in [0.1, 0.15) is 5.82 Å². The van der Waals surface area contributed by atoms with E-state index in [9.17, 15) is 0 Å². The van der Waals surface area contributed by atoms with E-state index in [-0.39, 0.29) is 5.54 Å². The molecule has 0 unspecified atom stereocenters. The first kappa shape index (κ1) is 11.0. The summed E-state index contributed by atoms with van der Waals surface area (Å²) in [5, 5.41) is 11.7. The van der Waals surface area contributed by atoms with Crippen LogP contribution < -0.4 is 5.32 Å². The molecule has 0 aliphatic carbocycles. The Bertz CT molecular complexity index is 526. The van der Waals surface area contributed by atoms with Crippen LogP contribution in [0.25, 0.3) is 5.65 Å². The summed E-state index contributed by atoms with van der Waals surface area (Å²) < 4.78 is 1.99. The van der Waals surface area contributed by atoms with Gasteiger partial charge in [-0.25, -0.2) is 4.98 Å². The lowest BCUT2D eigenvalue weighted by Gasteiger charge is -2.22. The van der Waals surface area contributed by atoms with E-state index >= 15 is 0 Å². The zero-order chi connectivity index (χ0) is 11.9. The van der Waals surface area contributed by atoms with Crippen molar-refractivity contribution in [3.8, 4) is 0 Å². The smallest absolute Gasteiger partial charge is 0.164 e. The number of nitrogens with one attached hydrogen (secondary N) is 1. The van der Waals surface area contributed by atoms with Crippen LogP contribution in [-0.2, 0) is 5.54 Å². The molecule has 0 radical (unpaired) electrons. The molecule has 2 rings (SSSR count). The SMILES string of the molecule is CNC(C)(C)c1nnc2cc(C)nc(C)n12. The Morgan fingerprint density at radius 3 is 2.56 bits per heavy atom. The van der Waals surface area contributed by atoms with Crippen molar-refractivity contribution in [3.63, 3.8) is 0 Å². The van der Waals surface area contributed by atoms with E-state index < -0.39 is 0 Å². The summed E-state index contributed by atoms with van der Waals surface area (Å²) in [5.74, 6) is 1.80. The largest absolute Gasteiger partial charge is 0.308 e. The third-order valence-electron chi connectivity index (χ3n) is 2.87. The Balaban J connectivity index is 2.74. The molecular weight excluding hydrogens is 202 g/mol. The second kappa shape index (κ2) is 3.52. The second-order valence-corrected chi connectivity index (χ2v) is 4.54. The number of rotatable bonds is 2. The van der Waals surface area contributed by atoms with Crippen LogP contribution in [0.3, 0.4) is 0 Å². The van der Waals surface area contributed by atoms with Crippen molar-refractivity contribution in [1.29, 1.82) is 0 Å². The van der Waals surface area contributed by atoms with Crippen molar-refractivity contribution in [2.75, 3.05) is 7.05 Å². The maximum atomic E-state index is 4.44. The zero-order valence-electron chi connectivity index (χ0n) is 10.4. The van der Waals surface area contributed by atoms with Crippen molar-refractivity contribution >= 4 is 5.65 Å². The minimum Gasteiger partial charge on any atom is -0.308 e. The predicted octanol–water partition coefficient (Wildman–Crippen LogP) is 1.20. The molecule has 86 valence electrons. The molecule has 2 aromatic heterocycles. The van der Waals surface area contributed by atoms with E-state index in [1.807, 2.05) is 31.4 Å². The molecule has 2 heterocycles. The molecule has 0 aliphatic heterocycles. The van der Waals surface area contributed by atoms with Gasteiger partial charge in [-0.05, 0) is 34.7 Å². The van der Waals surface area contributed by atoms with Crippen molar-refractivity contribution in [2.24, 2.45) is 0 Å². The van der Waals surface area contributed by atoms with Gasteiger partial charge >= 0.3 is 0 Å². The van der Waals surface area contributed by atoms with Crippen molar-refractivity contribution < 1.29 is 0 Å². The van der Waals surface area contributed by atoms with Crippen LogP contribution in [0, 0.1) is 13.8 Å². The van der Waals surface area contributed by atoms with Crippen LogP contribution in [-0.4, -0.2) is 26.6 Å². The topological polar surface area (TPSA) is 55.1 Å². The van der Waals surface area contributed by atoms with Gasteiger partial charge in [-0.15, -0.1) is 10.2 Å². The number of hydrogen-bond acceptors (Lipinski definition) is 4. The Labute approximate surface area is 94.9 Å². The summed E-state index contributed by atoms with van der Waals surface area (Å²) >= 11 is 0. The third-order valence-corrected chi connectivity index (χ3v) is 2.87. The lowest BCUT2D eigenvalue weighted by atomic mass is 10.1. The third kappa shape index (κ3) is 1.57. The second-order valence-electron chi connectivity index (χ2n) is 4.54. The van der Waals surface area contributed by atoms with E-state index in [1.165, 1.54) is 0 Å². The quantitative estimate of drug-likeness (QED) is 0.824. The average molecular weight is 219 g/mol. The highest BCUT2D eigenvalue weighted by Gasteiger charge is 2.25. The fraction of sp³-hybridized carbons (Fsp3) is 0.545. The summed E-state index contributed by atoms with van der Waals surface area (Å²) in [7, 11) is 1.91. The molecule has 0 fully saturated rings. The molecule has 1 N–H and O–H groups in total. The molecule has 0 bridgehead atoms. The number of aryl methyl sites for hydroxylation is 2. The van der Waals surface area contributed by atoms with Gasteiger partial charge in [-0.2, -0.15) is 0 Å². The lowest BCUT2D eigenvalue weighted by Crippen LogP contribution is -2.35. The number of aromatic nitrogens is 4. The fourth-order valence-corrected chi connectivity index (χ4v) is 1.75. The maximum absolute atomic E-state index is 4.44. The number of fused-ring (bicyclic) bond motifs is 1. The van der Waals surface area contributed by atoms with Gasteiger partial charge in [0.25, 0.3) is 0 Å². The van der Waals surface area contributed by atoms with Crippen LogP contribution >= 0.6 is 0 Å². The maximum Gasteiger partial charge on any atom is 0.164 e. The van der Waals surface area contributed by atoms with Gasteiger partial charge in [-0.3, -0.25) is 4.40 Å². The highest BCUT2D eigenvalue weighted by atomic mass is 15.3. The first-order valence-electron chi connectivity index (χ1n) is 5.34. The summed E-state index contributed by atoms with van der Waals surface area (Å²) in [6.07, 6.45) is 0. The van der Waals surface area contributed by atoms with Crippen molar-refractivity contribution in [3.05, 3.63) is 23.4 Å². The van der Waals surface area contributed by atoms with E-state index in [1.54, 1.807) is 0 Å². The predicted molar refractivity (Wildman–Crippen MR) is 62.3 cm³/mol. The molecule has 5 nitrogen and oxygen atoms in total. The van der Waals surface area contributed by atoms with Gasteiger partial charge in [-0.1, -0.05) is 0 Å². The molecule has 5 heteroatoms. The van der Waals surface area contributed by atoms with Crippen LogP contribution in [0.2, 0.25) is 0 Å². The van der Waals surface area contributed by atoms with Crippen molar-refractivity contribution in [1.82, 2.24) is 24.9 Å². The molecule has 0 aliphatic rings. The van der Waals surface area contributed by atoms with Crippen LogP contribution in [0.4, 0.5) is 0 Å². The summed E-state index contributed by atoms with van der Waals surface area (Å²) in [5.41, 5.74) is 1.59. The van der Waals surface area contributed by atoms with Crippen LogP contribution in [0.15, 0.2) is 6.07 Å². The molecule has 0 aromatic carbocycles. The standard InChI is InChI=1S/C11H17N5/c1-7-6-9-14-15-10(11(3,4)12-5)16(9)8(2)13-7/h6,12H,1-5H3. The van der Waals surface area contributed by atoms with Gasteiger partial charge in [0.2, 0.25) is 0 Å². The Morgan fingerprint density at radius 2 is 1.94 bits per heavy atom. The summed E-state index contributed by atoms with van der Waals surface area (Å²) in [6.45, 7) is 8.08. The van der Waals surface area contributed by atoms with Gasteiger partial charge < -0.3 is 5.32 Å². The van der Waals surface area contributed by atoms with Crippen LogP contribution in [0.1, 0.15) is 31.2 Å². The molecule has 16 heavy (non-hydrogen) atoms. The number of hydrogen-bond donors (Lipinski definition) is 1. The normalized spacial score (nSPS) is 12.3. The highest BCUT2D eigenvalue weighted by Crippen LogP contribution is 2.19. The monoisotopic (exact) mass is 219 g/mol. The van der Waals surface area contributed by atoms with Gasteiger partial charge in [0, 0.05) is 11.8 Å². The first-order valence-corrected chi connectivity index (χ1v) is 5.34. The molecular formula is C11H17N5. The summed E-state index contributed by atoms with van der Waals surface area (Å²) in [4.78, 5) is 4.44. The zero-order valence-corrected chi connectivity index (χ0v) is 10.4. The Morgan fingerprint density at radius 1 is 1.25 bits per heavy atom. The molecule has 2 aromatic rings. The average Bonchev–Trinajstić information content (AvgIpc) is 2.62. The molecule has 0 saturated carbocycles. The molecule has 0 amide bonds. The van der Waals surface area contributed by atoms with E-state index in [0.29, 0.717) is 0 Å². The lowest BCUT2D eigenvalue weighted by molar-refractivity contribution is 0.411. The van der Waals surface area contributed by atoms with E-state index in [2.05, 4.69) is 34.3 Å². The van der Waals surface area contributed by atoms with Crippen molar-refractivity contribution in [2.45, 2.75) is 33.2 Å². The number of nitrogens with zero attached hydrogens (tertiary/aromatic N) is 4. The van der Waals surface area contributed by atoms with Gasteiger partial charge in [0.05, 0.1) is 5.54 Å². The molecule has 0 spiro atoms. The fourth-order valence-electron chi connectivity index (χ4n) is 1.75. The highest BCUT2D eigenvalue weighted by molar-refractivity contribution is 5.40.